The van der Waals surface area contributed by atoms with Crippen LogP contribution in [0.1, 0.15) is 30.5 Å². The van der Waals surface area contributed by atoms with Crippen molar-refractivity contribution in [1.82, 2.24) is 19.7 Å². The zero-order valence-corrected chi connectivity index (χ0v) is 18.1. The van der Waals surface area contributed by atoms with Crippen LogP contribution in [0.15, 0.2) is 55.0 Å². The maximum absolute atomic E-state index is 5.95. The van der Waals surface area contributed by atoms with Gasteiger partial charge < -0.3 is 15.2 Å². The van der Waals surface area contributed by atoms with Gasteiger partial charge in [0.15, 0.2) is 0 Å². The number of nitrogens with two attached hydrogens (primary N) is 1. The van der Waals surface area contributed by atoms with E-state index in [1.54, 1.807) is 14.2 Å². The Balaban J connectivity index is 1.77. The summed E-state index contributed by atoms with van der Waals surface area (Å²) in [7, 11) is 3.29. The molecule has 4 rings (SSSR count). The summed E-state index contributed by atoms with van der Waals surface area (Å²) in [5, 5.41) is 4.38. The van der Waals surface area contributed by atoms with E-state index in [1.807, 2.05) is 47.5 Å². The van der Waals surface area contributed by atoms with Gasteiger partial charge in [-0.15, -0.1) is 0 Å². The number of aromatic nitrogens is 4. The number of fused-ring (bicyclic) bond motifs is 1. The number of benzene rings is 2. The minimum absolute atomic E-state index is 0.0163. The molecule has 0 radical (unpaired) electrons. The average Bonchev–Trinajstić information content (AvgIpc) is 3.31. The number of hydrogen-bond donors (Lipinski definition) is 1. The van der Waals surface area contributed by atoms with Crippen molar-refractivity contribution in [3.63, 3.8) is 0 Å². The third-order valence-corrected chi connectivity index (χ3v) is 5.44. The van der Waals surface area contributed by atoms with E-state index in [0.717, 1.165) is 57.9 Å². The fourth-order valence-corrected chi connectivity index (χ4v) is 3.74. The third kappa shape index (κ3) is 4.36. The van der Waals surface area contributed by atoms with Crippen molar-refractivity contribution in [3.8, 4) is 22.6 Å². The van der Waals surface area contributed by atoms with Crippen LogP contribution in [0.25, 0.3) is 22.2 Å². The number of rotatable bonds is 8. The number of methoxy groups -OCH3 is 2. The van der Waals surface area contributed by atoms with Crippen LogP contribution in [0.5, 0.6) is 11.5 Å². The van der Waals surface area contributed by atoms with E-state index in [9.17, 15) is 0 Å². The number of hydrogen-bond acceptors (Lipinski definition) is 6. The van der Waals surface area contributed by atoms with Gasteiger partial charge in [-0.3, -0.25) is 9.67 Å². The predicted octanol–water partition coefficient (Wildman–Crippen LogP) is 4.01. The highest BCUT2D eigenvalue weighted by atomic mass is 16.5. The van der Waals surface area contributed by atoms with Crippen molar-refractivity contribution < 1.29 is 9.47 Å². The Morgan fingerprint density at radius 2 is 1.74 bits per heavy atom. The Kier molecular flexibility index (Phi) is 6.13. The van der Waals surface area contributed by atoms with Crippen LogP contribution in [0, 0.1) is 0 Å². The minimum atomic E-state index is -0.0163. The first kappa shape index (κ1) is 20.8. The molecule has 160 valence electrons. The van der Waals surface area contributed by atoms with Crippen molar-refractivity contribution in [3.05, 3.63) is 66.2 Å². The van der Waals surface area contributed by atoms with Gasteiger partial charge in [0.05, 0.1) is 37.1 Å². The second kappa shape index (κ2) is 9.14. The topological polar surface area (TPSA) is 88.1 Å². The number of aryl methyl sites for hydroxylation is 1. The summed E-state index contributed by atoms with van der Waals surface area (Å²) >= 11 is 0. The van der Waals surface area contributed by atoms with Gasteiger partial charge in [-0.25, -0.2) is 4.98 Å². The molecular weight excluding hydrogens is 390 g/mol. The zero-order valence-electron chi connectivity index (χ0n) is 18.1. The van der Waals surface area contributed by atoms with Gasteiger partial charge in [-0.1, -0.05) is 6.07 Å². The monoisotopic (exact) mass is 417 g/mol. The predicted molar refractivity (Wildman–Crippen MR) is 121 cm³/mol. The third-order valence-electron chi connectivity index (χ3n) is 5.44. The first-order chi connectivity index (χ1) is 15.1. The molecule has 0 bridgehead atoms. The van der Waals surface area contributed by atoms with Gasteiger partial charge in [0, 0.05) is 36.5 Å². The molecule has 0 aliphatic carbocycles. The quantitative estimate of drug-likeness (QED) is 0.466. The van der Waals surface area contributed by atoms with E-state index in [0.29, 0.717) is 6.54 Å². The first-order valence-electron chi connectivity index (χ1n) is 10.4. The second-order valence-corrected chi connectivity index (χ2v) is 7.36. The van der Waals surface area contributed by atoms with E-state index in [2.05, 4.69) is 29.1 Å². The highest BCUT2D eigenvalue weighted by Gasteiger charge is 2.18. The van der Waals surface area contributed by atoms with Crippen LogP contribution in [-0.2, 0) is 6.54 Å². The van der Waals surface area contributed by atoms with Crippen molar-refractivity contribution >= 4 is 11.0 Å². The van der Waals surface area contributed by atoms with Gasteiger partial charge in [0.25, 0.3) is 0 Å². The molecule has 0 amide bonds. The normalized spacial score (nSPS) is 12.1. The Morgan fingerprint density at radius 3 is 2.39 bits per heavy atom. The fraction of sp³-hybridized carbons (Fsp3) is 0.292. The molecule has 1 atom stereocenters. The van der Waals surface area contributed by atoms with Crippen LogP contribution in [0.3, 0.4) is 0 Å². The van der Waals surface area contributed by atoms with Crippen LogP contribution < -0.4 is 15.2 Å². The van der Waals surface area contributed by atoms with Crippen LogP contribution in [0.2, 0.25) is 0 Å². The Morgan fingerprint density at radius 1 is 0.968 bits per heavy atom. The van der Waals surface area contributed by atoms with E-state index in [1.165, 1.54) is 0 Å². The van der Waals surface area contributed by atoms with E-state index >= 15 is 0 Å². The highest BCUT2D eigenvalue weighted by Crippen LogP contribution is 2.33. The summed E-state index contributed by atoms with van der Waals surface area (Å²) in [5.74, 6) is 1.46. The molecule has 7 nitrogen and oxygen atoms in total. The number of nitrogens with zero attached hydrogens (tertiary/aromatic N) is 4. The summed E-state index contributed by atoms with van der Waals surface area (Å²) in [6.07, 6.45) is 6.49. The summed E-state index contributed by atoms with van der Waals surface area (Å²) in [4.78, 5) is 9.63. The molecule has 0 fully saturated rings. The molecule has 31 heavy (non-hydrogen) atoms. The molecule has 2 N–H and O–H groups in total. The van der Waals surface area contributed by atoms with Gasteiger partial charge >= 0.3 is 0 Å². The lowest BCUT2D eigenvalue weighted by atomic mass is 9.92. The molecule has 0 saturated carbocycles. The van der Waals surface area contributed by atoms with E-state index in [4.69, 9.17) is 20.2 Å². The lowest BCUT2D eigenvalue weighted by Crippen LogP contribution is -2.11. The van der Waals surface area contributed by atoms with Gasteiger partial charge in [-0.2, -0.15) is 5.10 Å². The molecule has 2 aromatic heterocycles. The van der Waals surface area contributed by atoms with Crippen molar-refractivity contribution in [2.75, 3.05) is 20.8 Å². The summed E-state index contributed by atoms with van der Waals surface area (Å²) in [6.45, 7) is 3.43. The second-order valence-electron chi connectivity index (χ2n) is 7.36. The van der Waals surface area contributed by atoms with Crippen molar-refractivity contribution in [1.29, 1.82) is 0 Å². The zero-order chi connectivity index (χ0) is 21.8. The molecule has 1 unspecified atom stereocenters. The SMILES string of the molecule is CCn1cc(-c2ccc3ncc(C(CCN)c4cc(OC)cc(OC)c4)nc3c2)cn1. The van der Waals surface area contributed by atoms with Crippen molar-refractivity contribution in [2.45, 2.75) is 25.8 Å². The highest BCUT2D eigenvalue weighted by molar-refractivity contribution is 5.81. The molecule has 0 aliphatic rings. The largest absolute Gasteiger partial charge is 0.497 e. The van der Waals surface area contributed by atoms with Gasteiger partial charge in [0.2, 0.25) is 0 Å². The van der Waals surface area contributed by atoms with Crippen LogP contribution >= 0.6 is 0 Å². The molecular formula is C24H27N5O2. The van der Waals surface area contributed by atoms with Crippen LogP contribution in [0.4, 0.5) is 0 Å². The number of ether oxygens (including phenoxy) is 2. The van der Waals surface area contributed by atoms with E-state index in [-0.39, 0.29) is 5.92 Å². The van der Waals surface area contributed by atoms with Crippen LogP contribution in [-0.4, -0.2) is 40.5 Å². The average molecular weight is 418 g/mol. The molecule has 0 spiro atoms. The molecule has 0 aliphatic heterocycles. The lowest BCUT2D eigenvalue weighted by molar-refractivity contribution is 0.393. The Bertz CT molecular complexity index is 1170. The van der Waals surface area contributed by atoms with E-state index < -0.39 is 0 Å². The Hall–Kier alpha value is -3.45. The maximum atomic E-state index is 5.95. The summed E-state index contributed by atoms with van der Waals surface area (Å²) < 4.78 is 12.8. The minimum Gasteiger partial charge on any atom is -0.497 e. The maximum Gasteiger partial charge on any atom is 0.122 e. The standard InChI is InChI=1S/C24H27N5O2/c1-4-29-15-18(13-27-29)16-5-6-22-23(11-16)28-24(14-26-22)21(7-8-25)17-9-19(30-2)12-20(10-17)31-3/h5-6,9-15,21H,4,7-8,25H2,1-3H3. The first-order valence-corrected chi connectivity index (χ1v) is 10.4. The smallest absolute Gasteiger partial charge is 0.122 e. The fourth-order valence-electron chi connectivity index (χ4n) is 3.74. The molecule has 0 saturated heterocycles. The molecule has 7 heteroatoms. The Labute approximate surface area is 181 Å². The summed E-state index contributed by atoms with van der Waals surface area (Å²) in [5.41, 5.74) is 11.7. The van der Waals surface area contributed by atoms with Gasteiger partial charge in [0.1, 0.15) is 11.5 Å². The molecule has 4 aromatic rings. The van der Waals surface area contributed by atoms with Crippen molar-refractivity contribution in [2.24, 2.45) is 5.73 Å². The molecule has 2 heterocycles. The summed E-state index contributed by atoms with van der Waals surface area (Å²) in [6, 6.07) is 12.0. The van der Waals surface area contributed by atoms with Gasteiger partial charge in [-0.05, 0) is 55.3 Å². The molecule has 2 aromatic carbocycles. The lowest BCUT2D eigenvalue weighted by Gasteiger charge is -2.18.